The van der Waals surface area contributed by atoms with Crippen LogP contribution in [-0.2, 0) is 25.4 Å². The van der Waals surface area contributed by atoms with E-state index in [4.69, 9.17) is 33.2 Å². The Bertz CT molecular complexity index is 1650. The first-order chi connectivity index (χ1) is 21.8. The molecule has 1 aliphatic carbocycles. The highest BCUT2D eigenvalue weighted by molar-refractivity contribution is 6.04. The molecule has 3 heterocycles. The van der Waals surface area contributed by atoms with Crippen molar-refractivity contribution >= 4 is 28.6 Å². The smallest absolute Gasteiger partial charge is 0.338 e. The second kappa shape index (κ2) is 12.2. The van der Waals surface area contributed by atoms with E-state index in [1.807, 2.05) is 18.2 Å². The van der Waals surface area contributed by atoms with Crippen molar-refractivity contribution in [3.05, 3.63) is 47.2 Å². The van der Waals surface area contributed by atoms with Gasteiger partial charge in [0.05, 0.1) is 52.5 Å². The third-order valence-electron chi connectivity index (χ3n) is 9.65. The summed E-state index contributed by atoms with van der Waals surface area (Å²) < 4.78 is 42.5. The lowest BCUT2D eigenvalue weighted by molar-refractivity contribution is -0.546. The van der Waals surface area contributed by atoms with Gasteiger partial charge in [-0.1, -0.05) is 0 Å². The van der Waals surface area contributed by atoms with Crippen molar-refractivity contribution < 1.29 is 52.5 Å². The summed E-state index contributed by atoms with van der Waals surface area (Å²) in [7, 11) is 8.90. The first-order valence-corrected chi connectivity index (χ1v) is 14.9. The predicted octanol–water partition coefficient (Wildman–Crippen LogP) is 3.34. The Morgan fingerprint density at radius 2 is 1.69 bits per heavy atom. The molecule has 0 saturated heterocycles. The van der Waals surface area contributed by atoms with Crippen molar-refractivity contribution in [3.63, 3.8) is 0 Å². The maximum atomic E-state index is 13.6. The fourth-order valence-corrected chi connectivity index (χ4v) is 7.60. The second-order valence-corrected chi connectivity index (χ2v) is 11.6. The Hall–Kier alpha value is -4.45. The lowest BCUT2D eigenvalue weighted by Gasteiger charge is -2.45. The molecule has 45 heavy (non-hydrogen) atoms. The van der Waals surface area contributed by atoms with Gasteiger partial charge in [-0.05, 0) is 36.6 Å². The molecular formula is C33H39N2O10+. The maximum Gasteiger partial charge on any atom is 0.338 e. The summed E-state index contributed by atoms with van der Waals surface area (Å²) in [6, 6.07) is 8.77. The Morgan fingerprint density at radius 3 is 2.31 bits per heavy atom. The van der Waals surface area contributed by atoms with Gasteiger partial charge in [-0.25, -0.2) is 9.37 Å². The molecular weight excluding hydrogens is 584 g/mol. The lowest BCUT2D eigenvalue weighted by Crippen LogP contribution is -2.57. The van der Waals surface area contributed by atoms with Gasteiger partial charge < -0.3 is 38.4 Å². The first-order valence-electron chi connectivity index (χ1n) is 14.9. The number of rotatable bonds is 8. The van der Waals surface area contributed by atoms with Gasteiger partial charge in [-0.3, -0.25) is 4.79 Å². The molecule has 2 aromatic carbocycles. The average molecular weight is 624 g/mol. The molecule has 5 atom stereocenters. The molecule has 1 N–H and O–H groups in total. The molecule has 6 rings (SSSR count). The molecule has 1 saturated carbocycles. The zero-order chi connectivity index (χ0) is 32.0. The average Bonchev–Trinajstić information content (AvgIpc) is 3.36. The maximum absolute atomic E-state index is 13.6. The number of ether oxygens (including phenoxy) is 7. The third-order valence-corrected chi connectivity index (χ3v) is 9.65. The van der Waals surface area contributed by atoms with E-state index >= 15 is 0 Å². The van der Waals surface area contributed by atoms with Crippen LogP contribution in [0.25, 0.3) is 10.9 Å². The van der Waals surface area contributed by atoms with Crippen LogP contribution in [0.3, 0.4) is 0 Å². The normalized spacial score (nSPS) is 23.8. The number of hydrogen-bond acceptors (Lipinski definition) is 10. The molecule has 12 nitrogen and oxygen atoms in total. The molecule has 1 aromatic heterocycles. The van der Waals surface area contributed by atoms with Gasteiger partial charge in [0.15, 0.2) is 17.2 Å². The third kappa shape index (κ3) is 5.01. The molecule has 240 valence electrons. The van der Waals surface area contributed by atoms with Crippen LogP contribution in [0.15, 0.2) is 30.3 Å². The van der Waals surface area contributed by atoms with Crippen molar-refractivity contribution in [1.82, 2.24) is 4.73 Å². The monoisotopic (exact) mass is 623 g/mol. The van der Waals surface area contributed by atoms with E-state index in [9.17, 15) is 14.8 Å². The number of carbonyl (C=O) groups excluding carboxylic acids is 2. The number of methoxy groups -OCH3 is 6. The summed E-state index contributed by atoms with van der Waals surface area (Å²) in [5, 5.41) is 12.4. The van der Waals surface area contributed by atoms with Crippen molar-refractivity contribution in [1.29, 1.82) is 0 Å². The van der Waals surface area contributed by atoms with Crippen LogP contribution in [-0.4, -0.2) is 100 Å². The van der Waals surface area contributed by atoms with E-state index < -0.39 is 30.1 Å². The molecule has 1 fully saturated rings. The van der Waals surface area contributed by atoms with Crippen LogP contribution in [0.4, 0.5) is 0 Å². The van der Waals surface area contributed by atoms with Crippen molar-refractivity contribution in [2.75, 3.05) is 55.7 Å². The molecule has 2 aliphatic heterocycles. The number of nitrogens with zero attached hydrogens (tertiary/aromatic N) is 2. The SMILES string of the molecule is COC(=O)[C@H]1[C@H]2CC3=[N+](CCc4c3n(O)c3cc(OC)ccc43)C[C@H]2C[C@@H](OC(=O)c2cc(OC)c(OC)c(OC)c2)[C@@H]1OC. The Morgan fingerprint density at radius 1 is 0.956 bits per heavy atom. The summed E-state index contributed by atoms with van der Waals surface area (Å²) in [5.74, 6) is -0.231. The van der Waals surface area contributed by atoms with Crippen LogP contribution in [0.5, 0.6) is 23.0 Å². The van der Waals surface area contributed by atoms with Gasteiger partial charge in [-0.2, -0.15) is 4.73 Å². The predicted molar refractivity (Wildman–Crippen MR) is 161 cm³/mol. The van der Waals surface area contributed by atoms with Gasteiger partial charge in [-0.15, -0.1) is 0 Å². The number of aromatic nitrogens is 1. The van der Waals surface area contributed by atoms with E-state index in [0.29, 0.717) is 47.9 Å². The van der Waals surface area contributed by atoms with Crippen molar-refractivity contribution in [2.45, 2.75) is 31.5 Å². The van der Waals surface area contributed by atoms with E-state index in [-0.39, 0.29) is 17.4 Å². The number of carbonyl (C=O) groups is 2. The standard InChI is InChI=1S/C33H39N2O10/c1-39-19-7-8-20-21-9-10-34-16-18-13-27(45-32(36)17-11-25(40-2)30(42-4)26(12-17)41-3)31(43-5)28(33(37)44-6)22(18)15-24(34)29(21)35(38)23(20)14-19/h7-8,11-12,14,18,22,27-28,31,38H,9-10,13,15-16H2,1-6H3/q+1/t18-,22+,27-,28+,31+/m1/s1. The molecule has 0 unspecified atom stereocenters. The van der Waals surface area contributed by atoms with Gasteiger partial charge in [0, 0.05) is 42.9 Å². The van der Waals surface area contributed by atoms with E-state index in [2.05, 4.69) is 4.58 Å². The van der Waals surface area contributed by atoms with Crippen LogP contribution in [0, 0.1) is 17.8 Å². The molecule has 0 spiro atoms. The summed E-state index contributed by atoms with van der Waals surface area (Å²) in [5.41, 5.74) is 3.71. The number of benzene rings is 2. The molecule has 12 heteroatoms. The van der Waals surface area contributed by atoms with E-state index in [1.54, 1.807) is 7.11 Å². The Kier molecular flexibility index (Phi) is 8.25. The van der Waals surface area contributed by atoms with Crippen LogP contribution in [0.1, 0.15) is 34.5 Å². The van der Waals surface area contributed by atoms with Gasteiger partial charge in [0.1, 0.15) is 31.0 Å². The van der Waals surface area contributed by atoms with Crippen LogP contribution < -0.4 is 18.9 Å². The van der Waals surface area contributed by atoms with Crippen molar-refractivity contribution in [2.24, 2.45) is 17.8 Å². The topological polar surface area (TPSA) is 127 Å². The lowest BCUT2D eigenvalue weighted by atomic mass is 9.65. The molecule has 3 aromatic rings. The molecule has 3 aliphatic rings. The second-order valence-electron chi connectivity index (χ2n) is 11.6. The molecule has 0 amide bonds. The van der Waals surface area contributed by atoms with Crippen LogP contribution in [0.2, 0.25) is 0 Å². The largest absolute Gasteiger partial charge is 0.497 e. The zero-order valence-electron chi connectivity index (χ0n) is 26.3. The minimum absolute atomic E-state index is 0.000143. The summed E-state index contributed by atoms with van der Waals surface area (Å²) >= 11 is 0. The molecule has 0 bridgehead atoms. The zero-order valence-corrected chi connectivity index (χ0v) is 26.3. The van der Waals surface area contributed by atoms with E-state index in [1.165, 1.54) is 52.4 Å². The fraction of sp³-hybridized carbons (Fsp3) is 0.485. The Labute approximate surface area is 260 Å². The highest BCUT2D eigenvalue weighted by atomic mass is 16.6. The minimum Gasteiger partial charge on any atom is -0.497 e. The first kappa shape index (κ1) is 30.6. The highest BCUT2D eigenvalue weighted by Gasteiger charge is 2.55. The molecule has 0 radical (unpaired) electrons. The summed E-state index contributed by atoms with van der Waals surface area (Å²) in [6.45, 7) is 1.40. The number of hydrogen-bond donors (Lipinski definition) is 1. The van der Waals surface area contributed by atoms with Crippen LogP contribution >= 0.6 is 0 Å². The number of fused-ring (bicyclic) bond motifs is 5. The number of esters is 2. The minimum atomic E-state index is -0.746. The van der Waals surface area contributed by atoms with Gasteiger partial charge >= 0.3 is 11.9 Å². The van der Waals surface area contributed by atoms with Crippen molar-refractivity contribution in [3.8, 4) is 23.0 Å². The quantitative estimate of drug-likeness (QED) is 0.227. The Balaban J connectivity index is 1.34. The van der Waals surface area contributed by atoms with Gasteiger partial charge in [0.25, 0.3) is 0 Å². The van der Waals surface area contributed by atoms with Gasteiger partial charge in [0.2, 0.25) is 11.5 Å². The fourth-order valence-electron chi connectivity index (χ4n) is 7.60. The highest BCUT2D eigenvalue weighted by Crippen LogP contribution is 2.46. The summed E-state index contributed by atoms with van der Waals surface area (Å²) in [6.07, 6.45) is 0.310. The summed E-state index contributed by atoms with van der Waals surface area (Å²) in [4.78, 5) is 27.0. The van der Waals surface area contributed by atoms with E-state index in [0.717, 1.165) is 35.3 Å².